The van der Waals surface area contributed by atoms with Crippen molar-refractivity contribution in [3.8, 4) is 6.01 Å². The molecule has 0 N–H and O–H groups in total. The van der Waals surface area contributed by atoms with Gasteiger partial charge in [0.15, 0.2) is 0 Å². The Hall–Kier alpha value is -3.36. The van der Waals surface area contributed by atoms with Crippen LogP contribution in [0.25, 0.3) is 10.8 Å². The minimum atomic E-state index is 0.103. The molecule has 1 saturated heterocycles. The van der Waals surface area contributed by atoms with Crippen molar-refractivity contribution in [2.45, 2.75) is 58.0 Å². The number of benzene rings is 2. The summed E-state index contributed by atoms with van der Waals surface area (Å²) in [7, 11) is 2.15. The Bertz CT molecular complexity index is 1520. The highest BCUT2D eigenvalue weighted by atomic mass is 35.5. The largest absolute Gasteiger partial charge is 0.459 e. The van der Waals surface area contributed by atoms with E-state index in [-0.39, 0.29) is 12.1 Å². The van der Waals surface area contributed by atoms with Crippen LogP contribution in [0.5, 0.6) is 6.01 Å². The molecule has 39 heavy (non-hydrogen) atoms. The number of piperidine rings is 1. The van der Waals surface area contributed by atoms with Gasteiger partial charge in [0.1, 0.15) is 11.9 Å². The molecule has 9 heteroatoms. The van der Waals surface area contributed by atoms with E-state index in [0.29, 0.717) is 12.6 Å². The van der Waals surface area contributed by atoms with E-state index >= 15 is 0 Å². The third kappa shape index (κ3) is 4.59. The number of likely N-dealkylation sites (tertiary alicyclic amines) is 1. The fraction of sp³-hybridized carbons (Fsp3) is 0.433. The Kier molecular flexibility index (Phi) is 6.32. The zero-order chi connectivity index (χ0) is 26.5. The zero-order valence-electron chi connectivity index (χ0n) is 22.6. The summed E-state index contributed by atoms with van der Waals surface area (Å²) in [6, 6.07) is 13.3. The maximum Gasteiger partial charge on any atom is 0.318 e. The molecule has 5 heterocycles. The number of hydrogen-bond acceptors (Lipinski definition) is 7. The third-order valence-electron chi connectivity index (χ3n) is 8.44. The third-order valence-corrected chi connectivity index (χ3v) is 8.76. The van der Waals surface area contributed by atoms with Crippen LogP contribution >= 0.6 is 11.6 Å². The van der Waals surface area contributed by atoms with Crippen molar-refractivity contribution in [1.29, 1.82) is 0 Å². The van der Waals surface area contributed by atoms with Crippen LogP contribution in [0.2, 0.25) is 5.02 Å². The molecule has 3 aliphatic heterocycles. The summed E-state index contributed by atoms with van der Waals surface area (Å²) in [5.74, 6) is 1.01. The summed E-state index contributed by atoms with van der Waals surface area (Å²) in [6.07, 6.45) is 7.02. The molecule has 2 atom stereocenters. The van der Waals surface area contributed by atoms with Crippen LogP contribution < -0.4 is 14.5 Å². The van der Waals surface area contributed by atoms with Gasteiger partial charge in [0.25, 0.3) is 0 Å². The van der Waals surface area contributed by atoms with Gasteiger partial charge in [-0.2, -0.15) is 9.97 Å². The van der Waals surface area contributed by atoms with E-state index in [1.807, 2.05) is 24.7 Å². The molecule has 0 bridgehead atoms. The molecule has 0 aliphatic carbocycles. The van der Waals surface area contributed by atoms with Crippen LogP contribution in [-0.2, 0) is 26.1 Å². The van der Waals surface area contributed by atoms with Gasteiger partial charge >= 0.3 is 6.01 Å². The minimum Gasteiger partial charge on any atom is -0.459 e. The number of hydrogen-bond donors (Lipinski definition) is 0. The molecule has 0 spiro atoms. The van der Waals surface area contributed by atoms with Gasteiger partial charge in [0.2, 0.25) is 0 Å². The van der Waals surface area contributed by atoms with Crippen LogP contribution in [-0.4, -0.2) is 63.2 Å². The molecule has 1 fully saturated rings. The summed E-state index contributed by atoms with van der Waals surface area (Å²) in [5.41, 5.74) is 4.63. The van der Waals surface area contributed by atoms with Crippen LogP contribution in [0.1, 0.15) is 36.7 Å². The average molecular weight is 544 g/mol. The van der Waals surface area contributed by atoms with Crippen molar-refractivity contribution in [2.24, 2.45) is 0 Å². The monoisotopic (exact) mass is 543 g/mol. The van der Waals surface area contributed by atoms with E-state index in [2.05, 4.69) is 62.5 Å². The maximum absolute atomic E-state index is 6.71. The molecular weight excluding hydrogens is 510 g/mol. The van der Waals surface area contributed by atoms with Crippen LogP contribution in [0.15, 0.2) is 48.9 Å². The van der Waals surface area contributed by atoms with Gasteiger partial charge in [-0.1, -0.05) is 35.9 Å². The summed E-state index contributed by atoms with van der Waals surface area (Å²) in [5, 5.41) is 3.03. The van der Waals surface area contributed by atoms with Crippen LogP contribution in [0.4, 0.5) is 11.5 Å². The SMILES string of the molecule is C[C@@H]1Cn2cncc2CN1c1nc(O[C@H]2CCCN(C)C2)nc2c1CCN(c1cccc3cccc(Cl)c13)C2. The van der Waals surface area contributed by atoms with Crippen LogP contribution in [0.3, 0.4) is 0 Å². The normalized spacial score (nSPS) is 21.6. The quantitative estimate of drug-likeness (QED) is 0.362. The highest BCUT2D eigenvalue weighted by Crippen LogP contribution is 2.38. The van der Waals surface area contributed by atoms with Gasteiger partial charge in [-0.05, 0) is 57.3 Å². The first-order valence-corrected chi connectivity index (χ1v) is 14.3. The Balaban J connectivity index is 1.28. The van der Waals surface area contributed by atoms with Gasteiger partial charge in [-0.25, -0.2) is 4.98 Å². The first kappa shape index (κ1) is 24.7. The minimum absolute atomic E-state index is 0.103. The number of nitrogens with zero attached hydrogens (tertiary/aromatic N) is 7. The molecule has 4 aromatic rings. The van der Waals surface area contributed by atoms with Crippen molar-refractivity contribution in [1.82, 2.24) is 24.4 Å². The lowest BCUT2D eigenvalue weighted by molar-refractivity contribution is 0.0952. The van der Waals surface area contributed by atoms with E-state index < -0.39 is 0 Å². The van der Waals surface area contributed by atoms with Crippen molar-refractivity contribution < 1.29 is 4.74 Å². The smallest absolute Gasteiger partial charge is 0.318 e. The molecule has 202 valence electrons. The molecule has 0 unspecified atom stereocenters. The maximum atomic E-state index is 6.71. The second-order valence-corrected chi connectivity index (χ2v) is 11.6. The number of likely N-dealkylation sites (N-methyl/N-ethyl adjacent to an activating group) is 1. The lowest BCUT2D eigenvalue weighted by atomic mass is 10.0. The summed E-state index contributed by atoms with van der Waals surface area (Å²) in [6.45, 7) is 7.50. The summed E-state index contributed by atoms with van der Waals surface area (Å²) in [4.78, 5) is 21.7. The molecule has 3 aliphatic rings. The lowest BCUT2D eigenvalue weighted by Gasteiger charge is -2.39. The first-order valence-electron chi connectivity index (χ1n) is 14.0. The summed E-state index contributed by atoms with van der Waals surface area (Å²) >= 11 is 6.71. The highest BCUT2D eigenvalue weighted by molar-refractivity contribution is 6.36. The molecule has 8 nitrogen and oxygen atoms in total. The fourth-order valence-electron chi connectivity index (χ4n) is 6.43. The number of halogens is 1. The first-order chi connectivity index (χ1) is 19.0. The van der Waals surface area contributed by atoms with Crippen molar-refractivity contribution >= 4 is 33.9 Å². The number of imidazole rings is 1. The zero-order valence-corrected chi connectivity index (χ0v) is 23.3. The number of aromatic nitrogens is 4. The van der Waals surface area contributed by atoms with Gasteiger partial charge in [-0.15, -0.1) is 0 Å². The van der Waals surface area contributed by atoms with Gasteiger partial charge < -0.3 is 24.0 Å². The van der Waals surface area contributed by atoms with E-state index in [9.17, 15) is 0 Å². The van der Waals surface area contributed by atoms with Gasteiger partial charge in [0, 0.05) is 48.5 Å². The Morgan fingerprint density at radius 1 is 1.03 bits per heavy atom. The number of fused-ring (bicyclic) bond motifs is 3. The molecule has 2 aromatic heterocycles. The topological polar surface area (TPSA) is 62.6 Å². The van der Waals surface area contributed by atoms with Crippen molar-refractivity contribution in [2.75, 3.05) is 36.5 Å². The molecule has 0 amide bonds. The molecular formula is C30H34ClN7O. The standard InChI is InChI=1S/C30H34ClN7O/c1-20-15-37-19-32-14-22(37)16-38(20)29-24-11-13-36(27-10-4-7-21-6-3-9-25(31)28(21)27)18-26(24)33-30(34-29)39-23-8-5-12-35(2)17-23/h3-4,6-7,9-10,14,19-20,23H,5,8,11-13,15-18H2,1-2H3/t20-,23+/m1/s1. The van der Waals surface area contributed by atoms with Crippen molar-refractivity contribution in [3.05, 3.63) is 70.9 Å². The predicted molar refractivity (Wildman–Crippen MR) is 155 cm³/mol. The number of anilines is 2. The summed E-state index contributed by atoms with van der Waals surface area (Å²) < 4.78 is 8.74. The van der Waals surface area contributed by atoms with Gasteiger partial charge in [0.05, 0.1) is 35.8 Å². The van der Waals surface area contributed by atoms with E-state index in [1.54, 1.807) is 0 Å². The average Bonchev–Trinajstić information content (AvgIpc) is 3.39. The molecule has 0 saturated carbocycles. The Morgan fingerprint density at radius 3 is 2.77 bits per heavy atom. The van der Waals surface area contributed by atoms with E-state index in [4.69, 9.17) is 26.3 Å². The second kappa shape index (κ2) is 9.99. The molecule has 2 aromatic carbocycles. The lowest BCUT2D eigenvalue weighted by Crippen LogP contribution is -2.43. The number of rotatable bonds is 4. The molecule has 7 rings (SSSR count). The van der Waals surface area contributed by atoms with Gasteiger partial charge in [-0.3, -0.25) is 0 Å². The number of ether oxygens (including phenoxy) is 1. The fourth-order valence-corrected chi connectivity index (χ4v) is 6.71. The molecule has 0 radical (unpaired) electrons. The predicted octanol–water partition coefficient (Wildman–Crippen LogP) is 4.92. The van der Waals surface area contributed by atoms with Crippen molar-refractivity contribution in [3.63, 3.8) is 0 Å². The second-order valence-electron chi connectivity index (χ2n) is 11.2. The highest BCUT2D eigenvalue weighted by Gasteiger charge is 2.32. The van der Waals surface area contributed by atoms with E-state index in [0.717, 1.165) is 85.0 Å². The van der Waals surface area contributed by atoms with E-state index in [1.165, 1.54) is 11.3 Å². The van der Waals surface area contributed by atoms with Crippen LogP contribution in [0, 0.1) is 0 Å². The Labute approximate surface area is 234 Å². The Morgan fingerprint density at radius 2 is 1.90 bits per heavy atom.